The van der Waals surface area contributed by atoms with Gasteiger partial charge in [-0.05, 0) is 167 Å². The number of unbranched alkanes of at least 4 members (excludes halogenated alkanes) is 1. The molecule has 12 heterocycles. The molecule has 0 aromatic heterocycles. The normalized spacial score (nSPS) is 17.6. The molecule has 99 heavy (non-hydrogen) atoms. The number of nitrogens with zero attached hydrogens (tertiary/aromatic N) is 2. The molecule has 18 rings (SSSR count). The van der Waals surface area contributed by atoms with Crippen molar-refractivity contribution in [2.45, 2.75) is 98.9 Å². The van der Waals surface area contributed by atoms with E-state index in [0.717, 1.165) is 11.1 Å². The number of nitrogens with one attached hydrogen (secondary N) is 8. The van der Waals surface area contributed by atoms with Gasteiger partial charge in [0.2, 0.25) is 0 Å². The number of carbonyl (C=O) groups excluding carboxylic acids is 8. The number of nitrogens with two attached hydrogens (primary N) is 1. The van der Waals surface area contributed by atoms with Crippen molar-refractivity contribution in [1.82, 2.24) is 52.3 Å². The van der Waals surface area contributed by atoms with Gasteiger partial charge in [0.25, 0.3) is 47.3 Å². The molecule has 0 fully saturated rings. The van der Waals surface area contributed by atoms with Crippen LogP contribution in [-0.2, 0) is 22.7 Å². The summed E-state index contributed by atoms with van der Waals surface area (Å²) in [5.74, 6) is -2.98. The second-order valence-corrected chi connectivity index (χ2v) is 25.1. The van der Waals surface area contributed by atoms with Gasteiger partial charge in [-0.2, -0.15) is 0 Å². The number of hydrogen-bond acceptors (Lipinski definition) is 15. The number of methoxy groups -OCH3 is 1. The molecule has 528 valence electrons. The van der Waals surface area contributed by atoms with Crippen LogP contribution in [0.5, 0.6) is 11.5 Å². The monoisotopic (exact) mass is 1360 g/mol. The van der Waals surface area contributed by atoms with E-state index in [1.54, 1.807) is 97.2 Å². The number of hydrogen-bond donors (Lipinski definition) is 9. The lowest BCUT2D eigenvalue weighted by Gasteiger charge is -2.32. The first-order valence-corrected chi connectivity index (χ1v) is 34.2. The molecular weight excluding hydrogens is 1260 g/mol. The third-order valence-corrected chi connectivity index (χ3v) is 18.4. The Morgan fingerprint density at radius 1 is 0.444 bits per heavy atom. The molecule has 8 bridgehead atoms. The first-order chi connectivity index (χ1) is 47.9. The van der Waals surface area contributed by atoms with E-state index < -0.39 is 29.8 Å². The minimum absolute atomic E-state index is 0.0123. The van der Waals surface area contributed by atoms with Gasteiger partial charge in [0.1, 0.15) is 13.2 Å². The van der Waals surface area contributed by atoms with Crippen LogP contribution in [0.1, 0.15) is 159 Å². The van der Waals surface area contributed by atoms with Crippen LogP contribution in [0.15, 0.2) is 109 Å². The van der Waals surface area contributed by atoms with Gasteiger partial charge in [0.15, 0.2) is 11.5 Å². The number of ether oxygens (including phenoxy) is 4. The van der Waals surface area contributed by atoms with Crippen molar-refractivity contribution in [3.05, 3.63) is 198 Å². The summed E-state index contributed by atoms with van der Waals surface area (Å²) in [6.45, 7) is 15.0. The maximum Gasteiger partial charge on any atom is 0.255 e. The van der Waals surface area contributed by atoms with Crippen LogP contribution in [0.4, 0.5) is 0 Å². The van der Waals surface area contributed by atoms with Gasteiger partial charge in [0, 0.05) is 131 Å². The summed E-state index contributed by atoms with van der Waals surface area (Å²) in [6.07, 6.45) is 2.44. The molecule has 12 aliphatic heterocycles. The average molecular weight is 1360 g/mol. The molecule has 23 nitrogen and oxygen atoms in total. The van der Waals surface area contributed by atoms with E-state index in [9.17, 15) is 33.6 Å². The van der Waals surface area contributed by atoms with Gasteiger partial charge in [-0.15, -0.1) is 0 Å². The highest BCUT2D eigenvalue weighted by Crippen LogP contribution is 2.37. The predicted octanol–water partition coefficient (Wildman–Crippen LogP) is 6.57. The summed E-state index contributed by atoms with van der Waals surface area (Å²) >= 11 is 0. The quantitative estimate of drug-likeness (QED) is 0.0325. The van der Waals surface area contributed by atoms with Crippen molar-refractivity contribution in [3.8, 4) is 11.5 Å². The largest absolute Gasteiger partial charge is 0.484 e. The van der Waals surface area contributed by atoms with Crippen molar-refractivity contribution in [2.24, 2.45) is 5.73 Å². The van der Waals surface area contributed by atoms with Gasteiger partial charge in [-0.1, -0.05) is 67.1 Å². The smallest absolute Gasteiger partial charge is 0.255 e. The van der Waals surface area contributed by atoms with E-state index in [1.165, 1.54) is 0 Å². The lowest BCUT2D eigenvalue weighted by Crippen LogP contribution is -2.51. The number of benzene rings is 6. The number of carbonyl (C=O) groups is 8. The standard InChI is InChI=1S/C76H97N11O12/c1-49-52(4)63(73(92)83-37-42-97-44-43-96-7)26-23-59(49)69(88)78-32-16-22-58-46-87-41-36-81-72(91)61-25-24-60(50(2)51(61)3)70(89)79-33-38-86(39-34-80-71(90)62-27-28-64(75(94)84-58)54(6)53(62)5)40-35-82-74(93)65-29-30-66(76(95)85-57(45-87)21-14-15-31-77)68(99-48-56-19-12-9-13-20-56)67(65)98-47-55-17-10-8-11-18-55/h8-13,17-20,23-30,57-58H,14-16,21-22,31-48,77H2,1-7H3,(H,78,88)(H,79,89)(H,80,90)(H,81,91)(H,82,93)(H,83,92)(H,84,94)(H,85,95)/t57-,58-/m0/s1. The fourth-order valence-corrected chi connectivity index (χ4v) is 12.2. The molecule has 0 saturated heterocycles. The van der Waals surface area contributed by atoms with Crippen LogP contribution in [0.3, 0.4) is 0 Å². The summed E-state index contributed by atoms with van der Waals surface area (Å²) in [5.41, 5.74) is 14.0. The molecule has 2 unspecified atom stereocenters. The van der Waals surface area contributed by atoms with Crippen LogP contribution in [-0.4, -0.2) is 181 Å². The Labute approximate surface area is 580 Å². The second kappa shape index (κ2) is 38.0. The van der Waals surface area contributed by atoms with Gasteiger partial charge in [0.05, 0.1) is 30.9 Å². The number of amides is 8. The zero-order valence-electron chi connectivity index (χ0n) is 58.2. The summed E-state index contributed by atoms with van der Waals surface area (Å²) < 4.78 is 23.9. The molecule has 0 spiro atoms. The highest BCUT2D eigenvalue weighted by Gasteiger charge is 2.30. The third kappa shape index (κ3) is 21.2. The summed E-state index contributed by atoms with van der Waals surface area (Å²) in [4.78, 5) is 119. The van der Waals surface area contributed by atoms with Crippen molar-refractivity contribution in [1.29, 1.82) is 0 Å². The molecule has 12 aliphatic rings. The first-order valence-electron chi connectivity index (χ1n) is 34.2. The molecule has 0 radical (unpaired) electrons. The maximum absolute atomic E-state index is 15.5. The van der Waals surface area contributed by atoms with Gasteiger partial charge >= 0.3 is 0 Å². The van der Waals surface area contributed by atoms with Crippen molar-refractivity contribution < 1.29 is 57.3 Å². The summed E-state index contributed by atoms with van der Waals surface area (Å²) in [7, 11) is 1.59. The average Bonchev–Trinajstić information content (AvgIpc) is 0.811. The number of rotatable bonds is 22. The molecule has 4 atom stereocenters. The fourth-order valence-electron chi connectivity index (χ4n) is 12.2. The zero-order chi connectivity index (χ0) is 70.8. The zero-order valence-corrected chi connectivity index (χ0v) is 58.2. The molecule has 10 N–H and O–H groups in total. The summed E-state index contributed by atoms with van der Waals surface area (Å²) in [5, 5.41) is 24.9. The first kappa shape index (κ1) is 75.3. The highest BCUT2D eigenvalue weighted by molar-refractivity contribution is 6.04. The molecule has 8 amide bonds. The minimum atomic E-state index is -0.620. The van der Waals surface area contributed by atoms with Gasteiger partial charge in [-0.25, -0.2) is 0 Å². The Bertz CT molecular complexity index is 3790. The molecular formula is C76H97N11O12. The van der Waals surface area contributed by atoms with E-state index in [4.69, 9.17) is 24.7 Å². The van der Waals surface area contributed by atoms with E-state index in [0.29, 0.717) is 145 Å². The van der Waals surface area contributed by atoms with E-state index >= 15 is 4.79 Å². The molecule has 0 aliphatic carbocycles. The lowest BCUT2D eigenvalue weighted by atomic mass is 9.96. The Morgan fingerprint density at radius 3 is 1.27 bits per heavy atom. The highest BCUT2D eigenvalue weighted by atomic mass is 16.5. The maximum atomic E-state index is 15.5. The third-order valence-electron chi connectivity index (χ3n) is 18.4. The van der Waals surface area contributed by atoms with Crippen LogP contribution < -0.4 is 57.7 Å². The Kier molecular flexibility index (Phi) is 28.9. The molecule has 23 heteroatoms. The van der Waals surface area contributed by atoms with E-state index in [2.05, 4.69) is 47.4 Å². The Morgan fingerprint density at radius 2 is 0.828 bits per heavy atom. The van der Waals surface area contributed by atoms with Crippen molar-refractivity contribution >= 4 is 47.3 Å². The minimum Gasteiger partial charge on any atom is -0.484 e. The lowest BCUT2D eigenvalue weighted by molar-refractivity contribution is 0.0692. The predicted molar refractivity (Wildman–Crippen MR) is 380 cm³/mol. The second-order valence-electron chi connectivity index (χ2n) is 25.1. The van der Waals surface area contributed by atoms with Crippen molar-refractivity contribution in [2.75, 3.05) is 112 Å². The van der Waals surface area contributed by atoms with E-state index in [-0.39, 0.29) is 124 Å². The Balaban J connectivity index is 1.19. The van der Waals surface area contributed by atoms with Crippen molar-refractivity contribution in [3.63, 3.8) is 0 Å². The van der Waals surface area contributed by atoms with Crippen LogP contribution in [0.25, 0.3) is 0 Å². The van der Waals surface area contributed by atoms with Crippen LogP contribution >= 0.6 is 0 Å². The Hall–Kier alpha value is -9.52. The SMILES string of the molecule is COCCOCCNC(=O)c1ccc(C(=O)NCCC[C@H]2CN3CCNC(=O)c4ccc(c(C)c4C)C(=O)NCCN(CCNC(=O)c4ccc(c(C)c4C)C(=O)N2)CCNC(=O)c2ccc(c(OCc4ccccc4)c2OCc2ccccc2)C(=O)N[C@@H](CCCCN)C3)c(C)c1C. The van der Waals surface area contributed by atoms with Gasteiger partial charge < -0.3 is 67.2 Å². The van der Waals surface area contributed by atoms with Crippen LogP contribution in [0.2, 0.25) is 0 Å². The van der Waals surface area contributed by atoms with E-state index in [1.807, 2.05) is 65.6 Å². The molecule has 0 saturated carbocycles. The van der Waals surface area contributed by atoms with Crippen LogP contribution in [0, 0.1) is 41.5 Å². The topological polar surface area (TPSA) is 302 Å². The summed E-state index contributed by atoms with van der Waals surface area (Å²) in [6, 6.07) is 30.6. The molecule has 6 aromatic rings. The van der Waals surface area contributed by atoms with Gasteiger partial charge in [-0.3, -0.25) is 48.2 Å². The molecule has 6 aromatic carbocycles. The fraction of sp³-hybridized carbons (Fsp3) is 0.421.